The second-order valence-electron chi connectivity index (χ2n) is 7.01. The minimum atomic E-state index is -0.262. The van der Waals surface area contributed by atoms with Gasteiger partial charge in [0.2, 0.25) is 5.91 Å². The van der Waals surface area contributed by atoms with Crippen molar-refractivity contribution < 1.29 is 13.9 Å². The molecule has 0 aliphatic rings. The molecule has 0 atom stereocenters. The summed E-state index contributed by atoms with van der Waals surface area (Å²) in [7, 11) is 1.62. The van der Waals surface area contributed by atoms with Gasteiger partial charge in [0.05, 0.1) is 30.4 Å². The van der Waals surface area contributed by atoms with E-state index in [2.05, 4.69) is 9.88 Å². The monoisotopic (exact) mass is 435 g/mol. The van der Waals surface area contributed by atoms with Crippen molar-refractivity contribution in [3.8, 4) is 5.75 Å². The number of para-hydroxylation sites is 2. The van der Waals surface area contributed by atoms with Crippen molar-refractivity contribution in [1.29, 1.82) is 0 Å². The molecule has 31 heavy (non-hydrogen) atoms. The number of thioether (sulfide) groups is 1. The zero-order chi connectivity index (χ0) is 21.6. The van der Waals surface area contributed by atoms with Crippen LogP contribution in [0.1, 0.15) is 11.1 Å². The van der Waals surface area contributed by atoms with Gasteiger partial charge in [-0.15, -0.1) is 0 Å². The summed E-state index contributed by atoms with van der Waals surface area (Å²) in [6.45, 7) is 1.01. The fourth-order valence-electron chi connectivity index (χ4n) is 3.21. The number of amides is 1. The van der Waals surface area contributed by atoms with Crippen molar-refractivity contribution in [3.05, 3.63) is 89.7 Å². The highest BCUT2D eigenvalue weighted by Gasteiger charge is 2.13. The Morgan fingerprint density at radius 2 is 1.74 bits per heavy atom. The number of imidazole rings is 1. The third-order valence-corrected chi connectivity index (χ3v) is 5.83. The number of methoxy groups -OCH3 is 1. The van der Waals surface area contributed by atoms with Crippen molar-refractivity contribution in [3.63, 3.8) is 0 Å². The van der Waals surface area contributed by atoms with Crippen LogP contribution in [0.3, 0.4) is 0 Å². The zero-order valence-corrected chi connectivity index (χ0v) is 17.9. The van der Waals surface area contributed by atoms with E-state index in [0.717, 1.165) is 33.1 Å². The first-order valence-corrected chi connectivity index (χ1v) is 10.8. The average molecular weight is 436 g/mol. The Bertz CT molecular complexity index is 1170. The topological polar surface area (TPSA) is 56.1 Å². The molecule has 1 aromatic heterocycles. The highest BCUT2D eigenvalue weighted by Crippen LogP contribution is 2.25. The molecule has 0 saturated carbocycles. The summed E-state index contributed by atoms with van der Waals surface area (Å²) in [5.41, 5.74) is 3.82. The Balaban J connectivity index is 1.43. The lowest BCUT2D eigenvalue weighted by Gasteiger charge is -2.10. The molecule has 1 heterocycles. The van der Waals surface area contributed by atoms with Gasteiger partial charge in [0.15, 0.2) is 5.16 Å². The molecular formula is C24H22FN3O2S. The number of benzene rings is 3. The van der Waals surface area contributed by atoms with Crippen molar-refractivity contribution in [2.45, 2.75) is 18.2 Å². The van der Waals surface area contributed by atoms with Crippen LogP contribution in [0.5, 0.6) is 5.75 Å². The smallest absolute Gasteiger partial charge is 0.230 e. The van der Waals surface area contributed by atoms with Gasteiger partial charge in [0, 0.05) is 6.54 Å². The third kappa shape index (κ3) is 5.24. The number of carbonyl (C=O) groups excluding carboxylic acids is 1. The van der Waals surface area contributed by atoms with Gasteiger partial charge >= 0.3 is 0 Å². The molecule has 0 fully saturated rings. The first-order chi connectivity index (χ1) is 15.1. The number of rotatable bonds is 8. The second-order valence-corrected chi connectivity index (χ2v) is 7.95. The summed E-state index contributed by atoms with van der Waals surface area (Å²) >= 11 is 1.39. The lowest BCUT2D eigenvalue weighted by Crippen LogP contribution is -2.24. The maximum absolute atomic E-state index is 13.3. The quantitative estimate of drug-likeness (QED) is 0.410. The van der Waals surface area contributed by atoms with Crippen LogP contribution in [0.2, 0.25) is 0 Å². The minimum Gasteiger partial charge on any atom is -0.497 e. The summed E-state index contributed by atoms with van der Waals surface area (Å²) in [6.07, 6.45) is 0. The first kappa shape index (κ1) is 20.9. The van der Waals surface area contributed by atoms with Crippen molar-refractivity contribution in [2.75, 3.05) is 12.9 Å². The number of aromatic nitrogens is 2. The Morgan fingerprint density at radius 1 is 1.03 bits per heavy atom. The molecule has 7 heteroatoms. The Hall–Kier alpha value is -3.32. The summed E-state index contributed by atoms with van der Waals surface area (Å²) < 4.78 is 20.5. The Morgan fingerprint density at radius 3 is 2.48 bits per heavy atom. The summed E-state index contributed by atoms with van der Waals surface area (Å²) in [6, 6.07) is 21.9. The second kappa shape index (κ2) is 9.66. The molecule has 158 valence electrons. The van der Waals surface area contributed by atoms with E-state index in [0.29, 0.717) is 13.1 Å². The van der Waals surface area contributed by atoms with Crippen LogP contribution in [-0.4, -0.2) is 28.3 Å². The molecule has 4 rings (SSSR count). The molecular weight excluding hydrogens is 413 g/mol. The molecule has 0 radical (unpaired) electrons. The van der Waals surface area contributed by atoms with Crippen LogP contribution >= 0.6 is 11.8 Å². The normalized spacial score (nSPS) is 10.9. The average Bonchev–Trinajstić information content (AvgIpc) is 3.15. The number of hydrogen-bond acceptors (Lipinski definition) is 4. The highest BCUT2D eigenvalue weighted by atomic mass is 32.2. The molecule has 0 spiro atoms. The van der Waals surface area contributed by atoms with Crippen LogP contribution in [0.25, 0.3) is 11.0 Å². The van der Waals surface area contributed by atoms with E-state index in [1.165, 1.54) is 23.9 Å². The first-order valence-electron chi connectivity index (χ1n) is 9.84. The fraction of sp³-hybridized carbons (Fsp3) is 0.167. The Kier molecular flexibility index (Phi) is 6.52. The molecule has 0 saturated heterocycles. The summed E-state index contributed by atoms with van der Waals surface area (Å²) in [4.78, 5) is 17.1. The number of carbonyl (C=O) groups is 1. The van der Waals surface area contributed by atoms with Crippen LogP contribution in [0.4, 0.5) is 4.39 Å². The predicted molar refractivity (Wildman–Crippen MR) is 121 cm³/mol. The van der Waals surface area contributed by atoms with Crippen LogP contribution < -0.4 is 10.1 Å². The lowest BCUT2D eigenvalue weighted by molar-refractivity contribution is -0.118. The van der Waals surface area contributed by atoms with Crippen LogP contribution in [0.15, 0.2) is 78.0 Å². The van der Waals surface area contributed by atoms with E-state index in [-0.39, 0.29) is 17.5 Å². The van der Waals surface area contributed by atoms with Gasteiger partial charge in [0.1, 0.15) is 11.6 Å². The van der Waals surface area contributed by atoms with Crippen LogP contribution in [0, 0.1) is 5.82 Å². The molecule has 0 bridgehead atoms. The van der Waals surface area contributed by atoms with Gasteiger partial charge < -0.3 is 14.6 Å². The maximum Gasteiger partial charge on any atom is 0.230 e. The molecule has 0 aliphatic heterocycles. The largest absolute Gasteiger partial charge is 0.497 e. The summed E-state index contributed by atoms with van der Waals surface area (Å²) in [5.74, 6) is 0.706. The maximum atomic E-state index is 13.3. The highest BCUT2D eigenvalue weighted by molar-refractivity contribution is 7.99. The van der Waals surface area contributed by atoms with Crippen molar-refractivity contribution >= 4 is 28.7 Å². The number of halogens is 1. The molecule has 4 aromatic rings. The molecule has 5 nitrogen and oxygen atoms in total. The van der Waals surface area contributed by atoms with E-state index < -0.39 is 0 Å². The summed E-state index contributed by atoms with van der Waals surface area (Å²) in [5, 5.41) is 3.69. The lowest BCUT2D eigenvalue weighted by atomic mass is 10.2. The molecule has 3 aromatic carbocycles. The van der Waals surface area contributed by atoms with E-state index in [9.17, 15) is 9.18 Å². The predicted octanol–water partition coefficient (Wildman–Crippen LogP) is 4.64. The minimum absolute atomic E-state index is 0.0683. The standard InChI is InChI=1S/C24H22FN3O2S/c1-30-20-12-8-17(9-13-20)14-26-23(29)16-31-24-27-21-4-2-3-5-22(21)28(24)15-18-6-10-19(25)11-7-18/h2-13H,14-16H2,1H3,(H,26,29). The third-order valence-electron chi connectivity index (χ3n) is 4.85. The van der Waals surface area contributed by atoms with Gasteiger partial charge in [-0.05, 0) is 47.5 Å². The van der Waals surface area contributed by atoms with E-state index in [1.54, 1.807) is 19.2 Å². The van der Waals surface area contributed by atoms with Gasteiger partial charge in [0.25, 0.3) is 0 Å². The van der Waals surface area contributed by atoms with Gasteiger partial charge in [-0.2, -0.15) is 0 Å². The molecule has 0 aliphatic carbocycles. The molecule has 1 amide bonds. The molecule has 1 N–H and O–H groups in total. The number of ether oxygens (including phenoxy) is 1. The molecule has 0 unspecified atom stereocenters. The number of fused-ring (bicyclic) bond motifs is 1. The SMILES string of the molecule is COc1ccc(CNC(=O)CSc2nc3ccccc3n2Cc2ccc(F)cc2)cc1. The zero-order valence-electron chi connectivity index (χ0n) is 17.0. The van der Waals surface area contributed by atoms with Crippen LogP contribution in [-0.2, 0) is 17.9 Å². The number of hydrogen-bond donors (Lipinski definition) is 1. The van der Waals surface area contributed by atoms with Gasteiger partial charge in [-0.3, -0.25) is 4.79 Å². The fourth-order valence-corrected chi connectivity index (χ4v) is 4.06. The van der Waals surface area contributed by atoms with E-state index in [1.807, 2.05) is 48.5 Å². The van der Waals surface area contributed by atoms with E-state index in [4.69, 9.17) is 9.72 Å². The van der Waals surface area contributed by atoms with E-state index >= 15 is 0 Å². The van der Waals surface area contributed by atoms with Crippen molar-refractivity contribution in [2.24, 2.45) is 0 Å². The van der Waals surface area contributed by atoms with Gasteiger partial charge in [-0.25, -0.2) is 9.37 Å². The number of nitrogens with zero attached hydrogens (tertiary/aromatic N) is 2. The van der Waals surface area contributed by atoms with Gasteiger partial charge in [-0.1, -0.05) is 48.2 Å². The van der Waals surface area contributed by atoms with Crippen molar-refractivity contribution in [1.82, 2.24) is 14.9 Å². The number of nitrogens with one attached hydrogen (secondary N) is 1. The Labute approximate surface area is 184 Å².